The molecular formula is C88H101F7N20O12S4. The molecule has 8 N–H and O–H groups in total. The van der Waals surface area contributed by atoms with Crippen molar-refractivity contribution in [1.82, 2.24) is 78.7 Å². The molecule has 15 rings (SSSR count). The number of rotatable bonds is 30. The Labute approximate surface area is 754 Å². The van der Waals surface area contributed by atoms with E-state index in [9.17, 15) is 69.2 Å². The van der Waals surface area contributed by atoms with Gasteiger partial charge in [0.05, 0.1) is 78.0 Å². The van der Waals surface area contributed by atoms with Gasteiger partial charge in [0.15, 0.2) is 23.3 Å². The first-order valence-electron chi connectivity index (χ1n) is 41.4. The smallest absolute Gasteiger partial charge is 0.401 e. The molecule has 3 aliphatic heterocycles. The van der Waals surface area contributed by atoms with Crippen LogP contribution in [0.25, 0.3) is 22.7 Å². The summed E-state index contributed by atoms with van der Waals surface area (Å²) in [4.78, 5) is 36.5. The molecule has 12 aromatic rings. The molecule has 3 fully saturated rings. The van der Waals surface area contributed by atoms with Crippen molar-refractivity contribution in [3.63, 3.8) is 0 Å². The Hall–Kier alpha value is -11.3. The van der Waals surface area contributed by atoms with Gasteiger partial charge in [0.25, 0.3) is 0 Å². The molecule has 3 unspecified atom stereocenters. The van der Waals surface area contributed by atoms with E-state index in [0.29, 0.717) is 107 Å². The number of fused-ring (bicyclic) bond motifs is 2. The number of aromatic nitrogens is 12. The number of sulfonamides is 4. The molecule has 32 nitrogen and oxygen atoms in total. The highest BCUT2D eigenvalue weighted by Gasteiger charge is 2.42. The molecule has 43 heteroatoms. The van der Waals surface area contributed by atoms with Crippen LogP contribution in [0.15, 0.2) is 189 Å². The number of esters is 1. The minimum atomic E-state index is -4.39. The van der Waals surface area contributed by atoms with E-state index in [1.54, 1.807) is 7.11 Å². The lowest BCUT2D eigenvalue weighted by Gasteiger charge is -2.32. The average Bonchev–Trinajstić information content (AvgIpc) is 1.67. The number of morpholine rings is 1. The molecule has 3 atom stereocenters. The molecule has 131 heavy (non-hydrogen) atoms. The second-order valence-electron chi connectivity index (χ2n) is 32.4. The Balaban J connectivity index is 0.000000158. The first kappa shape index (κ1) is 98.7. The summed E-state index contributed by atoms with van der Waals surface area (Å²) >= 11 is 0. The number of nitrogens with zero attached hydrogens (tertiary/aromatic N) is 16. The molecule has 4 aromatic heterocycles. The number of methoxy groups -OCH3 is 1. The fourth-order valence-electron chi connectivity index (χ4n) is 15.2. The van der Waals surface area contributed by atoms with Crippen LogP contribution in [-0.4, -0.2) is 210 Å². The van der Waals surface area contributed by atoms with Crippen molar-refractivity contribution in [2.45, 2.75) is 144 Å². The summed E-state index contributed by atoms with van der Waals surface area (Å²) in [5, 5.41) is 38.4. The van der Waals surface area contributed by atoms with Crippen LogP contribution >= 0.6 is 0 Å². The largest absolute Gasteiger partial charge is 0.461 e. The van der Waals surface area contributed by atoms with Gasteiger partial charge in [-0.25, -0.2) is 110 Å². The van der Waals surface area contributed by atoms with Gasteiger partial charge in [0, 0.05) is 71.4 Å². The molecule has 3 saturated heterocycles. The summed E-state index contributed by atoms with van der Waals surface area (Å²) in [5.41, 5.74) is 8.36. The van der Waals surface area contributed by atoms with E-state index in [4.69, 9.17) is 44.7 Å². The van der Waals surface area contributed by atoms with Crippen LogP contribution < -0.4 is 20.6 Å². The number of likely N-dealkylation sites (tertiary alicyclic amines) is 1. The Morgan fingerprint density at radius 2 is 0.847 bits per heavy atom. The van der Waals surface area contributed by atoms with Gasteiger partial charge >= 0.3 is 12.1 Å². The number of halogens is 7. The number of hydrogen-bond acceptors (Lipinski definition) is 24. The number of benzene rings is 8. The van der Waals surface area contributed by atoms with Crippen LogP contribution in [0.1, 0.15) is 118 Å². The van der Waals surface area contributed by atoms with Crippen molar-refractivity contribution >= 4 is 46.1 Å². The van der Waals surface area contributed by atoms with Gasteiger partial charge in [0.2, 0.25) is 40.1 Å². The van der Waals surface area contributed by atoms with Crippen LogP contribution in [-0.2, 0) is 111 Å². The lowest BCUT2D eigenvalue weighted by Crippen LogP contribution is -2.43. The second kappa shape index (κ2) is 42.5. The molecule has 698 valence electrons. The monoisotopic (exact) mass is 1890 g/mol. The zero-order valence-corrected chi connectivity index (χ0v) is 76.2. The van der Waals surface area contributed by atoms with Gasteiger partial charge in [0.1, 0.15) is 75.4 Å². The summed E-state index contributed by atoms with van der Waals surface area (Å²) in [6, 6.07) is 45.2. The number of primary sulfonamides is 4. The molecule has 8 aromatic carbocycles. The van der Waals surface area contributed by atoms with Gasteiger partial charge in [-0.05, 0) is 150 Å². The summed E-state index contributed by atoms with van der Waals surface area (Å²) in [6.45, 7) is 17.4. The topological polar surface area (TPSA) is 421 Å². The quantitative estimate of drug-likeness (QED) is 0.0240. The molecule has 0 saturated carbocycles. The van der Waals surface area contributed by atoms with Crippen molar-refractivity contribution in [3.05, 3.63) is 284 Å². The third-order valence-corrected chi connectivity index (χ3v) is 24.9. The maximum Gasteiger partial charge on any atom is 0.401 e. The van der Waals surface area contributed by atoms with Crippen molar-refractivity contribution in [2.75, 3.05) is 73.2 Å². The van der Waals surface area contributed by atoms with Crippen molar-refractivity contribution < 1.29 is 83.4 Å². The zero-order chi connectivity index (χ0) is 94.6. The third-order valence-electron chi connectivity index (χ3n) is 21.3. The normalized spacial score (nSPS) is 15.7. The molecule has 0 radical (unpaired) electrons. The number of nitrogens with two attached hydrogens (primary N) is 4. The van der Waals surface area contributed by atoms with Gasteiger partial charge in [-0.15, -0.1) is 20.4 Å². The van der Waals surface area contributed by atoms with E-state index in [1.165, 1.54) is 68.2 Å². The number of hydrogen-bond donors (Lipinski definition) is 4. The highest BCUT2D eigenvalue weighted by molar-refractivity contribution is 7.90. The molecule has 7 heterocycles. The lowest BCUT2D eigenvalue weighted by atomic mass is 10.00. The average molecular weight is 1890 g/mol. The number of ether oxygens (including phenoxy) is 3. The Morgan fingerprint density at radius 3 is 1.18 bits per heavy atom. The molecule has 2 bridgehead atoms. The lowest BCUT2D eigenvalue weighted by molar-refractivity contribution is -0.144. The van der Waals surface area contributed by atoms with E-state index in [2.05, 4.69) is 58.9 Å². The predicted molar refractivity (Wildman–Crippen MR) is 470 cm³/mol. The Morgan fingerprint density at radius 1 is 0.489 bits per heavy atom. The van der Waals surface area contributed by atoms with Gasteiger partial charge in [-0.2, -0.15) is 13.2 Å². The minimum absolute atomic E-state index is 0.0642. The zero-order valence-electron chi connectivity index (χ0n) is 73.0. The van der Waals surface area contributed by atoms with E-state index < -0.39 is 81.0 Å². The van der Waals surface area contributed by atoms with E-state index in [-0.39, 0.29) is 86.1 Å². The first-order valence-corrected chi connectivity index (χ1v) is 47.6. The van der Waals surface area contributed by atoms with E-state index in [0.717, 1.165) is 112 Å². The molecule has 0 amide bonds. The number of carbonyl (C=O) groups is 1. The highest BCUT2D eigenvalue weighted by atomic mass is 32.2. The number of aryl methyl sites for hydroxylation is 4. The van der Waals surface area contributed by atoms with E-state index >= 15 is 0 Å². The van der Waals surface area contributed by atoms with Crippen molar-refractivity contribution in [1.29, 1.82) is 0 Å². The fourth-order valence-corrected chi connectivity index (χ4v) is 17.3. The predicted octanol–water partition coefficient (Wildman–Crippen LogP) is 9.63. The first-order chi connectivity index (χ1) is 61.9. The summed E-state index contributed by atoms with van der Waals surface area (Å²) in [7, 11) is -13.3. The molecule has 0 aliphatic carbocycles. The second-order valence-corrected chi connectivity index (χ2v) is 38.6. The Kier molecular flexibility index (Phi) is 32.0. The van der Waals surface area contributed by atoms with Crippen LogP contribution in [0.5, 0.6) is 0 Å². The van der Waals surface area contributed by atoms with Gasteiger partial charge in [-0.1, -0.05) is 126 Å². The maximum absolute atomic E-state index is 15.0. The standard InChI is InChI=1S/C23H24FN5O4S.C23H30FN5O3S.C22H26FN5O3S.C20H21F4N5O2S/c1-14-3-2-4-15(7-14)8-22-26-21(13-28-11-16-9-17(12-28)33-23(16)30)27-29(22)20-6-5-18(10-19(20)24)34(25,31)32;1-4-10-28(11-12-32-3)16-22-26-23(14-18-7-5-6-17(2)13-18)29(27-22)21-9-8-19(15-20(21)24)33(25,30)31;1-15-4-3-5-17(10-15)11-22-25-21(13-27-8-9-31-14-16(27)2)26-28(22)20-7-6-18(12-19(20)23)32(24,29)30;1-13-4-3-5-14(8-13)9-19-26-18(11-28(2)12-20(22,23)24)27-29(19)17-7-6-15(10-16(17)21)32(25,30)31/h2-7,10,16-17H,8-9,11-13H2,1H3,(H2,25,31,32);5-9,13,15H,4,10-12,14,16H2,1-3H3,(H2,25,30,31);3-7,10,12,16H,8-9,11,13-14H2,1-2H3,(H2,24,29,30);3-8,10H,9,11-12H2,1-2H3,(H2,25,30,31). The maximum atomic E-state index is 15.0. The Bertz CT molecular complexity index is 6580. The van der Waals surface area contributed by atoms with Crippen LogP contribution in [0, 0.1) is 56.9 Å². The molecular weight excluding hydrogens is 1790 g/mol. The van der Waals surface area contributed by atoms with Crippen LogP contribution in [0.2, 0.25) is 0 Å². The highest BCUT2D eigenvalue weighted by Crippen LogP contribution is 2.32. The molecule has 0 spiro atoms. The summed E-state index contributed by atoms with van der Waals surface area (Å²) < 4.78 is 212. The fraction of sp³-hybridized carbons (Fsp3) is 0.352. The number of alkyl halides is 3. The van der Waals surface area contributed by atoms with Crippen molar-refractivity contribution in [2.24, 2.45) is 26.5 Å². The summed E-state index contributed by atoms with van der Waals surface area (Å²) in [5.74, 6) is 0.100. The minimum Gasteiger partial charge on any atom is -0.461 e. The number of carbonyl (C=O) groups excluding carboxylic acids is 1. The van der Waals surface area contributed by atoms with Gasteiger partial charge < -0.3 is 14.2 Å². The SMILES string of the molecule is CCCN(CCOC)Cc1nc(Cc2cccc(C)c2)n(-c2ccc(S(N)(=O)=O)cc2F)n1.Cc1cccc(Cc2nc(CN(C)CC(F)(F)F)nn2-c2ccc(S(N)(=O)=O)cc2F)c1.Cc1cccc(Cc2nc(CN3CC4CC(C3)C(=O)O4)nn2-c2ccc(S(N)(=O)=O)cc2F)c1.Cc1cccc(Cc2nc(CN3CCOCC3C)nn2-c2ccc(S(N)(=O)=O)cc2F)c1. The third kappa shape index (κ3) is 27.2. The summed E-state index contributed by atoms with van der Waals surface area (Å²) in [6.07, 6.45) is -1.30. The van der Waals surface area contributed by atoms with Crippen LogP contribution in [0.3, 0.4) is 0 Å². The van der Waals surface area contributed by atoms with E-state index in [1.807, 2.05) is 125 Å². The number of piperidine rings is 1. The van der Waals surface area contributed by atoms with Gasteiger partial charge in [-0.3, -0.25) is 24.4 Å². The van der Waals surface area contributed by atoms with Crippen molar-refractivity contribution in [3.8, 4) is 22.7 Å². The van der Waals surface area contributed by atoms with Crippen LogP contribution in [0.4, 0.5) is 30.7 Å². The molecule has 3 aliphatic rings.